The van der Waals surface area contributed by atoms with Gasteiger partial charge in [0.05, 0.1) is 10.2 Å². The minimum Gasteiger partial charge on any atom is -0.302 e. The smallest absolute Gasteiger partial charge is 0.229 e. The molecule has 0 unspecified atom stereocenters. The lowest BCUT2D eigenvalue weighted by Gasteiger charge is -2.12. The third-order valence-electron chi connectivity index (χ3n) is 3.29. The summed E-state index contributed by atoms with van der Waals surface area (Å²) in [6.45, 7) is 4.22. The highest BCUT2D eigenvalue weighted by Crippen LogP contribution is 2.26. The lowest BCUT2D eigenvalue weighted by molar-refractivity contribution is -0.120. The Morgan fingerprint density at radius 2 is 2.16 bits per heavy atom. The van der Waals surface area contributed by atoms with Crippen molar-refractivity contribution in [2.45, 2.75) is 39.5 Å². The molecule has 1 heterocycles. The molecule has 0 fully saturated rings. The lowest BCUT2D eigenvalue weighted by atomic mass is 9.99. The molecule has 1 atom stereocenters. The Morgan fingerprint density at radius 3 is 2.84 bits per heavy atom. The number of unbranched alkanes of at least 4 members (excludes halogenated alkanes) is 1. The van der Waals surface area contributed by atoms with Crippen LogP contribution in [0.5, 0.6) is 0 Å². The van der Waals surface area contributed by atoms with Crippen LogP contribution < -0.4 is 5.32 Å². The van der Waals surface area contributed by atoms with Crippen molar-refractivity contribution < 1.29 is 4.79 Å². The van der Waals surface area contributed by atoms with Crippen molar-refractivity contribution in [1.82, 2.24) is 4.98 Å². The van der Waals surface area contributed by atoms with E-state index in [-0.39, 0.29) is 11.8 Å². The molecule has 19 heavy (non-hydrogen) atoms. The van der Waals surface area contributed by atoms with Gasteiger partial charge in [0.25, 0.3) is 0 Å². The molecule has 1 aromatic heterocycles. The summed E-state index contributed by atoms with van der Waals surface area (Å²) in [5.41, 5.74) is 0.949. The number of amides is 1. The van der Waals surface area contributed by atoms with Crippen LogP contribution >= 0.6 is 11.3 Å². The van der Waals surface area contributed by atoms with E-state index < -0.39 is 0 Å². The number of para-hydroxylation sites is 1. The van der Waals surface area contributed by atoms with Crippen molar-refractivity contribution in [2.24, 2.45) is 5.92 Å². The van der Waals surface area contributed by atoms with Gasteiger partial charge in [-0.25, -0.2) is 4.98 Å². The summed E-state index contributed by atoms with van der Waals surface area (Å²) in [6.07, 6.45) is 4.08. The highest BCUT2D eigenvalue weighted by Gasteiger charge is 2.17. The van der Waals surface area contributed by atoms with E-state index in [2.05, 4.69) is 24.1 Å². The van der Waals surface area contributed by atoms with Crippen LogP contribution in [0.15, 0.2) is 24.3 Å². The maximum Gasteiger partial charge on any atom is 0.229 e. The molecule has 0 radical (unpaired) electrons. The van der Waals surface area contributed by atoms with Crippen molar-refractivity contribution in [3.8, 4) is 0 Å². The van der Waals surface area contributed by atoms with Crippen LogP contribution in [0.25, 0.3) is 10.2 Å². The number of nitrogens with one attached hydrogen (secondary N) is 1. The van der Waals surface area contributed by atoms with Gasteiger partial charge in [0, 0.05) is 5.92 Å². The van der Waals surface area contributed by atoms with Crippen molar-refractivity contribution in [1.29, 1.82) is 0 Å². The highest BCUT2D eigenvalue weighted by molar-refractivity contribution is 7.22. The summed E-state index contributed by atoms with van der Waals surface area (Å²) in [7, 11) is 0. The Kier molecular flexibility index (Phi) is 4.91. The normalized spacial score (nSPS) is 12.5. The van der Waals surface area contributed by atoms with Crippen molar-refractivity contribution >= 4 is 32.6 Å². The zero-order chi connectivity index (χ0) is 13.7. The van der Waals surface area contributed by atoms with Gasteiger partial charge in [-0.2, -0.15) is 0 Å². The summed E-state index contributed by atoms with van der Waals surface area (Å²) < 4.78 is 1.11. The second kappa shape index (κ2) is 6.66. The minimum absolute atomic E-state index is 0.104. The maximum absolute atomic E-state index is 12.2. The Balaban J connectivity index is 2.04. The number of rotatable bonds is 6. The number of thiazole rings is 1. The van der Waals surface area contributed by atoms with Crippen LogP contribution in [0.3, 0.4) is 0 Å². The van der Waals surface area contributed by atoms with Gasteiger partial charge < -0.3 is 5.32 Å². The molecule has 0 spiro atoms. The standard InChI is InChI=1S/C15H20N2OS/c1-3-5-8-11(4-2)14(18)17-15-16-12-9-6-7-10-13(12)19-15/h6-7,9-11H,3-5,8H2,1-2H3,(H,16,17,18)/t11-/m1/s1. The second-order valence-corrected chi connectivity index (χ2v) is 5.75. The van der Waals surface area contributed by atoms with E-state index in [1.807, 2.05) is 24.3 Å². The van der Waals surface area contributed by atoms with Gasteiger partial charge in [0.1, 0.15) is 0 Å². The van der Waals surface area contributed by atoms with Crippen LogP contribution in [0.4, 0.5) is 5.13 Å². The number of nitrogens with zero attached hydrogens (tertiary/aromatic N) is 1. The van der Waals surface area contributed by atoms with E-state index in [9.17, 15) is 4.79 Å². The largest absolute Gasteiger partial charge is 0.302 e. The molecular formula is C15H20N2OS. The van der Waals surface area contributed by atoms with E-state index >= 15 is 0 Å². The van der Waals surface area contributed by atoms with Gasteiger partial charge in [-0.05, 0) is 25.0 Å². The minimum atomic E-state index is 0.104. The van der Waals surface area contributed by atoms with E-state index in [1.54, 1.807) is 0 Å². The molecule has 0 aliphatic heterocycles. The first-order valence-electron chi connectivity index (χ1n) is 6.91. The number of hydrogen-bond acceptors (Lipinski definition) is 3. The predicted molar refractivity (Wildman–Crippen MR) is 81.6 cm³/mol. The molecule has 2 rings (SSSR count). The van der Waals surface area contributed by atoms with Gasteiger partial charge in [0.15, 0.2) is 5.13 Å². The third-order valence-corrected chi connectivity index (χ3v) is 4.25. The van der Waals surface area contributed by atoms with Crippen LogP contribution in [0.1, 0.15) is 39.5 Å². The molecule has 0 saturated heterocycles. The molecule has 1 N–H and O–H groups in total. The van der Waals surface area contributed by atoms with Gasteiger partial charge in [-0.3, -0.25) is 4.79 Å². The number of anilines is 1. The molecule has 102 valence electrons. The quantitative estimate of drug-likeness (QED) is 0.846. The monoisotopic (exact) mass is 276 g/mol. The van der Waals surface area contributed by atoms with E-state index in [1.165, 1.54) is 11.3 Å². The van der Waals surface area contributed by atoms with E-state index in [0.29, 0.717) is 5.13 Å². The van der Waals surface area contributed by atoms with Crippen LogP contribution in [0, 0.1) is 5.92 Å². The first kappa shape index (κ1) is 14.0. The molecule has 0 aliphatic rings. The zero-order valence-corrected chi connectivity index (χ0v) is 12.3. The van der Waals surface area contributed by atoms with Gasteiger partial charge in [-0.1, -0.05) is 50.2 Å². The second-order valence-electron chi connectivity index (χ2n) is 4.72. The number of carbonyl (C=O) groups excluding carboxylic acids is 1. The van der Waals surface area contributed by atoms with E-state index in [0.717, 1.165) is 35.9 Å². The Labute approximate surface area is 118 Å². The Morgan fingerprint density at radius 1 is 1.37 bits per heavy atom. The van der Waals surface area contributed by atoms with Gasteiger partial charge >= 0.3 is 0 Å². The van der Waals surface area contributed by atoms with Crippen molar-refractivity contribution in [2.75, 3.05) is 5.32 Å². The summed E-state index contributed by atoms with van der Waals surface area (Å²) in [5, 5.41) is 3.67. The zero-order valence-electron chi connectivity index (χ0n) is 11.5. The highest BCUT2D eigenvalue weighted by atomic mass is 32.1. The number of carbonyl (C=O) groups is 1. The summed E-state index contributed by atoms with van der Waals surface area (Å²) in [6, 6.07) is 7.94. The average Bonchev–Trinajstić information content (AvgIpc) is 2.81. The summed E-state index contributed by atoms with van der Waals surface area (Å²) in [5.74, 6) is 0.210. The summed E-state index contributed by atoms with van der Waals surface area (Å²) >= 11 is 1.53. The molecule has 4 heteroatoms. The topological polar surface area (TPSA) is 42.0 Å². The molecular weight excluding hydrogens is 256 g/mol. The number of benzene rings is 1. The number of hydrogen-bond donors (Lipinski definition) is 1. The molecule has 3 nitrogen and oxygen atoms in total. The van der Waals surface area contributed by atoms with Crippen LogP contribution in [0.2, 0.25) is 0 Å². The molecule has 2 aromatic rings. The van der Waals surface area contributed by atoms with Crippen LogP contribution in [-0.4, -0.2) is 10.9 Å². The molecule has 1 amide bonds. The Hall–Kier alpha value is -1.42. The Bertz CT molecular complexity index is 517. The lowest BCUT2D eigenvalue weighted by Crippen LogP contribution is -2.22. The fourth-order valence-corrected chi connectivity index (χ4v) is 2.97. The fraction of sp³-hybridized carbons (Fsp3) is 0.467. The molecule has 0 aliphatic carbocycles. The number of fused-ring (bicyclic) bond motifs is 1. The van der Waals surface area contributed by atoms with Crippen molar-refractivity contribution in [3.05, 3.63) is 24.3 Å². The average molecular weight is 276 g/mol. The molecule has 0 saturated carbocycles. The van der Waals surface area contributed by atoms with E-state index in [4.69, 9.17) is 0 Å². The van der Waals surface area contributed by atoms with Crippen LogP contribution in [-0.2, 0) is 4.79 Å². The van der Waals surface area contributed by atoms with Gasteiger partial charge in [0.2, 0.25) is 5.91 Å². The predicted octanol–water partition coefficient (Wildman–Crippen LogP) is 4.45. The third kappa shape index (κ3) is 3.53. The van der Waals surface area contributed by atoms with Gasteiger partial charge in [-0.15, -0.1) is 0 Å². The van der Waals surface area contributed by atoms with Crippen molar-refractivity contribution in [3.63, 3.8) is 0 Å². The fourth-order valence-electron chi connectivity index (χ4n) is 2.10. The first-order valence-corrected chi connectivity index (χ1v) is 7.72. The molecule has 0 bridgehead atoms. The molecule has 1 aromatic carbocycles. The number of aromatic nitrogens is 1. The summed E-state index contributed by atoms with van der Waals surface area (Å²) in [4.78, 5) is 16.6. The maximum atomic E-state index is 12.2. The first-order chi connectivity index (χ1) is 9.24. The SMILES string of the molecule is CCCC[C@@H](CC)C(=O)Nc1nc2ccccc2s1.